The van der Waals surface area contributed by atoms with Crippen LogP contribution >= 0.6 is 23.4 Å². The van der Waals surface area contributed by atoms with E-state index in [2.05, 4.69) is 15.1 Å². The summed E-state index contributed by atoms with van der Waals surface area (Å²) in [6.07, 6.45) is 7.33. The number of fused-ring (bicyclic) bond motifs is 1. The first-order valence-electron chi connectivity index (χ1n) is 9.52. The Hall–Kier alpha value is -1.73. The lowest BCUT2D eigenvalue weighted by Crippen LogP contribution is -2.50. The quantitative estimate of drug-likeness (QED) is 0.621. The van der Waals surface area contributed by atoms with Gasteiger partial charge in [0.15, 0.2) is 5.82 Å². The lowest BCUT2D eigenvalue weighted by atomic mass is 9.78. The average Bonchev–Trinajstić information content (AvgIpc) is 3.06. The van der Waals surface area contributed by atoms with Gasteiger partial charge in [-0.3, -0.25) is 4.79 Å². The topological polar surface area (TPSA) is 77.0 Å². The van der Waals surface area contributed by atoms with Crippen LogP contribution in [-0.4, -0.2) is 44.0 Å². The number of amides is 1. The zero-order valence-electron chi connectivity index (χ0n) is 15.2. The molecule has 0 spiro atoms. The fourth-order valence-corrected chi connectivity index (χ4v) is 5.28. The fourth-order valence-electron chi connectivity index (χ4n) is 4.34. The van der Waals surface area contributed by atoms with Crippen molar-refractivity contribution in [3.8, 4) is 11.4 Å². The predicted octanol–water partition coefficient (Wildman–Crippen LogP) is 3.59. The van der Waals surface area contributed by atoms with Crippen LogP contribution in [0.1, 0.15) is 38.5 Å². The van der Waals surface area contributed by atoms with E-state index in [1.165, 1.54) is 42.1 Å². The molecule has 27 heavy (non-hydrogen) atoms. The lowest BCUT2D eigenvalue weighted by molar-refractivity contribution is -0.134. The molecule has 0 unspecified atom stereocenters. The highest BCUT2D eigenvalue weighted by molar-refractivity contribution is 7.99. The second kappa shape index (κ2) is 8.10. The van der Waals surface area contributed by atoms with E-state index < -0.39 is 0 Å². The van der Waals surface area contributed by atoms with Crippen LogP contribution in [0.15, 0.2) is 29.4 Å². The summed E-state index contributed by atoms with van der Waals surface area (Å²) in [5.41, 5.74) is 0.803. The minimum Gasteiger partial charge on any atom is -0.339 e. The molecule has 1 saturated heterocycles. The van der Waals surface area contributed by atoms with Gasteiger partial charge in [0.1, 0.15) is 0 Å². The summed E-state index contributed by atoms with van der Waals surface area (Å²) < 4.78 is 1.43. The van der Waals surface area contributed by atoms with Crippen molar-refractivity contribution in [2.45, 2.75) is 49.7 Å². The second-order valence-corrected chi connectivity index (χ2v) is 8.70. The van der Waals surface area contributed by atoms with Crippen LogP contribution in [0.25, 0.3) is 11.4 Å². The van der Waals surface area contributed by atoms with Crippen LogP contribution in [0.2, 0.25) is 5.02 Å². The van der Waals surface area contributed by atoms with Crippen molar-refractivity contribution in [1.29, 1.82) is 0 Å². The molecule has 1 aliphatic heterocycles. The molecule has 2 fully saturated rings. The molecule has 2 aromatic rings. The van der Waals surface area contributed by atoms with Crippen molar-refractivity contribution in [3.63, 3.8) is 0 Å². The van der Waals surface area contributed by atoms with Crippen LogP contribution < -0.4 is 5.84 Å². The monoisotopic (exact) mass is 405 g/mol. The summed E-state index contributed by atoms with van der Waals surface area (Å²) in [4.78, 5) is 15.0. The Morgan fingerprint density at radius 3 is 2.89 bits per heavy atom. The summed E-state index contributed by atoms with van der Waals surface area (Å²) in [5.74, 6) is 7.91. The standard InChI is InChI=1S/C19H24ClN5OS/c20-15-8-3-6-14(11-15)18-22-23-19(25(18)21)27-12-17(26)24-10-4-7-13-5-1-2-9-16(13)24/h3,6,8,11,13,16H,1-2,4-5,7,9-10,12,21H2/t13-,16-/m0/s1. The van der Waals surface area contributed by atoms with E-state index in [1.54, 1.807) is 12.1 Å². The molecule has 144 valence electrons. The van der Waals surface area contributed by atoms with Crippen LogP contribution in [-0.2, 0) is 4.79 Å². The lowest BCUT2D eigenvalue weighted by Gasteiger charge is -2.44. The van der Waals surface area contributed by atoms with Gasteiger partial charge in [0.2, 0.25) is 11.1 Å². The molecule has 6 nitrogen and oxygen atoms in total. The van der Waals surface area contributed by atoms with Gasteiger partial charge in [0.25, 0.3) is 0 Å². The highest BCUT2D eigenvalue weighted by Crippen LogP contribution is 2.35. The molecule has 2 N–H and O–H groups in total. The van der Waals surface area contributed by atoms with Gasteiger partial charge in [-0.15, -0.1) is 10.2 Å². The molecular weight excluding hydrogens is 382 g/mol. The summed E-state index contributed by atoms with van der Waals surface area (Å²) in [7, 11) is 0. The molecule has 8 heteroatoms. The number of nitrogen functional groups attached to an aromatic ring is 1. The van der Waals surface area contributed by atoms with Gasteiger partial charge in [-0.1, -0.05) is 48.3 Å². The van der Waals surface area contributed by atoms with Crippen molar-refractivity contribution in [2.75, 3.05) is 18.1 Å². The molecular formula is C19H24ClN5OS. The van der Waals surface area contributed by atoms with Crippen LogP contribution in [0.5, 0.6) is 0 Å². The number of thioether (sulfide) groups is 1. The van der Waals surface area contributed by atoms with E-state index in [-0.39, 0.29) is 5.91 Å². The Kier molecular flexibility index (Phi) is 5.59. The van der Waals surface area contributed by atoms with E-state index in [9.17, 15) is 4.79 Å². The molecule has 0 radical (unpaired) electrons. The molecule has 2 heterocycles. The number of rotatable bonds is 4. The normalized spacial score (nSPS) is 22.5. The van der Waals surface area contributed by atoms with Gasteiger partial charge in [0.05, 0.1) is 5.75 Å². The fraction of sp³-hybridized carbons (Fsp3) is 0.526. The maximum absolute atomic E-state index is 12.8. The summed E-state index contributed by atoms with van der Waals surface area (Å²) in [6, 6.07) is 7.76. The molecule has 0 bridgehead atoms. The van der Waals surface area contributed by atoms with Gasteiger partial charge >= 0.3 is 0 Å². The van der Waals surface area contributed by atoms with Gasteiger partial charge in [0, 0.05) is 23.2 Å². The summed E-state index contributed by atoms with van der Waals surface area (Å²) in [6.45, 7) is 0.879. The van der Waals surface area contributed by atoms with Crippen molar-refractivity contribution in [3.05, 3.63) is 29.3 Å². The van der Waals surface area contributed by atoms with Gasteiger partial charge < -0.3 is 10.7 Å². The number of benzene rings is 1. The summed E-state index contributed by atoms with van der Waals surface area (Å²) >= 11 is 7.39. The third-order valence-corrected chi connectivity index (χ3v) is 6.80. The largest absolute Gasteiger partial charge is 0.339 e. The molecule has 1 amide bonds. The van der Waals surface area contributed by atoms with E-state index in [4.69, 9.17) is 17.4 Å². The minimum atomic E-state index is 0.184. The Morgan fingerprint density at radius 2 is 2.04 bits per heavy atom. The van der Waals surface area contributed by atoms with Crippen molar-refractivity contribution in [1.82, 2.24) is 19.8 Å². The molecule has 2 aliphatic rings. The first-order chi connectivity index (χ1) is 13.1. The SMILES string of the molecule is Nn1c(SCC(=O)N2CCC[C@@H]3CCCC[C@@H]32)nnc1-c1cccc(Cl)c1. The number of piperidine rings is 1. The molecule has 2 atom stereocenters. The number of hydrogen-bond donors (Lipinski definition) is 1. The molecule has 1 aliphatic carbocycles. The van der Waals surface area contributed by atoms with Gasteiger partial charge in [-0.2, -0.15) is 0 Å². The van der Waals surface area contributed by atoms with Crippen molar-refractivity contribution in [2.24, 2.45) is 5.92 Å². The maximum Gasteiger partial charge on any atom is 0.233 e. The number of carbonyl (C=O) groups is 1. The zero-order valence-corrected chi connectivity index (χ0v) is 16.8. The molecule has 4 rings (SSSR count). The third-order valence-electron chi connectivity index (χ3n) is 5.64. The zero-order chi connectivity index (χ0) is 18.8. The van der Waals surface area contributed by atoms with Gasteiger partial charge in [-0.25, -0.2) is 4.68 Å². The number of nitrogens with two attached hydrogens (primary N) is 1. The Labute approximate surface area is 168 Å². The maximum atomic E-state index is 12.8. The highest BCUT2D eigenvalue weighted by Gasteiger charge is 2.35. The van der Waals surface area contributed by atoms with E-state index >= 15 is 0 Å². The predicted molar refractivity (Wildman–Crippen MR) is 108 cm³/mol. The molecule has 1 saturated carbocycles. The second-order valence-electron chi connectivity index (χ2n) is 7.32. The average molecular weight is 406 g/mol. The first kappa shape index (κ1) is 18.6. The van der Waals surface area contributed by atoms with Gasteiger partial charge in [-0.05, 0) is 43.7 Å². The Balaban J connectivity index is 1.42. The summed E-state index contributed by atoms with van der Waals surface area (Å²) in [5, 5.41) is 9.48. The Morgan fingerprint density at radius 1 is 1.22 bits per heavy atom. The number of hydrogen-bond acceptors (Lipinski definition) is 5. The van der Waals surface area contributed by atoms with Crippen molar-refractivity contribution >= 4 is 29.3 Å². The number of nitrogens with zero attached hydrogens (tertiary/aromatic N) is 4. The number of carbonyl (C=O) groups excluding carboxylic acids is 1. The first-order valence-corrected chi connectivity index (χ1v) is 10.9. The minimum absolute atomic E-state index is 0.184. The number of likely N-dealkylation sites (tertiary alicyclic amines) is 1. The van der Waals surface area contributed by atoms with Crippen LogP contribution in [0.4, 0.5) is 0 Å². The van der Waals surface area contributed by atoms with Crippen LogP contribution in [0, 0.1) is 5.92 Å². The number of halogens is 1. The Bertz CT molecular complexity index is 824. The molecule has 1 aromatic heterocycles. The van der Waals surface area contributed by atoms with Crippen molar-refractivity contribution < 1.29 is 4.79 Å². The van der Waals surface area contributed by atoms with E-state index in [0.717, 1.165) is 24.9 Å². The van der Waals surface area contributed by atoms with E-state index in [1.807, 2.05) is 12.1 Å². The smallest absolute Gasteiger partial charge is 0.233 e. The van der Waals surface area contributed by atoms with E-state index in [0.29, 0.717) is 33.7 Å². The molecule has 1 aromatic carbocycles. The third kappa shape index (κ3) is 3.94. The van der Waals surface area contributed by atoms with Crippen LogP contribution in [0.3, 0.4) is 0 Å². The highest BCUT2D eigenvalue weighted by atomic mass is 35.5. The number of aromatic nitrogens is 3.